The SMILES string of the molecule is Cc1c(C(=O)N(C)C2CCOC2C)csc1S(=O)(=O)Cl. The van der Waals surface area contributed by atoms with Crippen molar-refractivity contribution >= 4 is 37.0 Å². The molecular formula is C12H16ClNO4S2. The Bertz CT molecular complexity index is 625. The van der Waals surface area contributed by atoms with Gasteiger partial charge in [-0.2, -0.15) is 0 Å². The van der Waals surface area contributed by atoms with E-state index in [1.165, 1.54) is 0 Å². The van der Waals surface area contributed by atoms with Gasteiger partial charge in [-0.1, -0.05) is 0 Å². The molecule has 1 amide bonds. The fraction of sp³-hybridized carbons (Fsp3) is 0.583. The average Bonchev–Trinajstić information content (AvgIpc) is 2.92. The number of hydrogen-bond donors (Lipinski definition) is 0. The van der Waals surface area contributed by atoms with Gasteiger partial charge in [-0.3, -0.25) is 4.79 Å². The van der Waals surface area contributed by atoms with Crippen molar-refractivity contribution in [3.8, 4) is 0 Å². The highest BCUT2D eigenvalue weighted by Crippen LogP contribution is 2.31. The number of nitrogens with zero attached hydrogens (tertiary/aromatic N) is 1. The number of amides is 1. The lowest BCUT2D eigenvalue weighted by Gasteiger charge is -2.26. The zero-order valence-electron chi connectivity index (χ0n) is 11.4. The summed E-state index contributed by atoms with van der Waals surface area (Å²) in [6, 6.07) is 0.0119. The maximum Gasteiger partial charge on any atom is 0.271 e. The molecule has 0 saturated carbocycles. The number of carbonyl (C=O) groups excluding carboxylic acids is 1. The Kier molecular flexibility index (Phi) is 4.44. The van der Waals surface area contributed by atoms with Gasteiger partial charge in [0.15, 0.2) is 0 Å². The van der Waals surface area contributed by atoms with E-state index in [9.17, 15) is 13.2 Å². The molecule has 8 heteroatoms. The van der Waals surface area contributed by atoms with Crippen molar-refractivity contribution in [2.75, 3.05) is 13.7 Å². The van der Waals surface area contributed by atoms with Gasteiger partial charge in [0.05, 0.1) is 17.7 Å². The molecule has 112 valence electrons. The highest BCUT2D eigenvalue weighted by atomic mass is 35.7. The minimum Gasteiger partial charge on any atom is -0.376 e. The third-order valence-electron chi connectivity index (χ3n) is 3.60. The number of rotatable bonds is 3. The largest absolute Gasteiger partial charge is 0.376 e. The third-order valence-corrected chi connectivity index (χ3v) is 6.91. The number of carbonyl (C=O) groups is 1. The molecule has 2 heterocycles. The zero-order valence-corrected chi connectivity index (χ0v) is 13.8. The van der Waals surface area contributed by atoms with E-state index >= 15 is 0 Å². The van der Waals surface area contributed by atoms with Gasteiger partial charge in [-0.05, 0) is 25.8 Å². The van der Waals surface area contributed by atoms with Gasteiger partial charge in [0.1, 0.15) is 4.21 Å². The Balaban J connectivity index is 2.28. The fourth-order valence-electron chi connectivity index (χ4n) is 2.42. The Morgan fingerprint density at radius 1 is 1.55 bits per heavy atom. The van der Waals surface area contributed by atoms with E-state index in [-0.39, 0.29) is 22.3 Å². The first kappa shape index (κ1) is 15.8. The molecule has 20 heavy (non-hydrogen) atoms. The molecule has 1 aliphatic rings. The van der Waals surface area contributed by atoms with E-state index in [0.717, 1.165) is 17.8 Å². The quantitative estimate of drug-likeness (QED) is 0.793. The van der Waals surface area contributed by atoms with Crippen LogP contribution >= 0.6 is 22.0 Å². The normalized spacial score (nSPS) is 23.0. The molecule has 0 radical (unpaired) electrons. The van der Waals surface area contributed by atoms with Crippen molar-refractivity contribution in [1.29, 1.82) is 0 Å². The Morgan fingerprint density at radius 2 is 2.20 bits per heavy atom. The molecule has 1 aliphatic heterocycles. The molecule has 0 bridgehead atoms. The van der Waals surface area contributed by atoms with Crippen molar-refractivity contribution in [2.45, 2.75) is 36.6 Å². The van der Waals surface area contributed by atoms with Crippen LogP contribution in [0.4, 0.5) is 0 Å². The predicted molar refractivity (Wildman–Crippen MR) is 78.0 cm³/mol. The lowest BCUT2D eigenvalue weighted by molar-refractivity contribution is 0.0574. The van der Waals surface area contributed by atoms with E-state index in [1.807, 2.05) is 6.92 Å². The second kappa shape index (κ2) is 5.63. The monoisotopic (exact) mass is 337 g/mol. The van der Waals surface area contributed by atoms with Crippen LogP contribution in [0, 0.1) is 6.92 Å². The first-order chi connectivity index (χ1) is 9.23. The van der Waals surface area contributed by atoms with Crippen molar-refractivity contribution in [3.05, 3.63) is 16.5 Å². The van der Waals surface area contributed by atoms with Crippen LogP contribution < -0.4 is 0 Å². The summed E-state index contributed by atoms with van der Waals surface area (Å²) in [5.41, 5.74) is 0.796. The van der Waals surface area contributed by atoms with Crippen molar-refractivity contribution in [3.63, 3.8) is 0 Å². The smallest absolute Gasteiger partial charge is 0.271 e. The molecule has 2 rings (SSSR count). The summed E-state index contributed by atoms with van der Waals surface area (Å²) in [5, 5.41) is 1.55. The van der Waals surface area contributed by atoms with Crippen LogP contribution in [-0.2, 0) is 13.8 Å². The van der Waals surface area contributed by atoms with Gasteiger partial charge in [-0.15, -0.1) is 11.3 Å². The summed E-state index contributed by atoms with van der Waals surface area (Å²) >= 11 is 0.974. The molecule has 0 spiro atoms. The molecule has 0 N–H and O–H groups in total. The maximum absolute atomic E-state index is 12.5. The standard InChI is InChI=1S/C12H16ClNO4S2/c1-7-9(6-19-12(7)20(13,16)17)11(15)14(3)10-4-5-18-8(10)2/h6,8,10H,4-5H2,1-3H3. The summed E-state index contributed by atoms with van der Waals surface area (Å²) in [7, 11) is 3.26. The molecular weight excluding hydrogens is 322 g/mol. The number of likely N-dealkylation sites (N-methyl/N-ethyl adjacent to an activating group) is 1. The van der Waals surface area contributed by atoms with Gasteiger partial charge >= 0.3 is 0 Å². The molecule has 1 saturated heterocycles. The first-order valence-electron chi connectivity index (χ1n) is 6.15. The second-order valence-electron chi connectivity index (χ2n) is 4.85. The first-order valence-corrected chi connectivity index (χ1v) is 9.34. The third kappa shape index (κ3) is 2.86. The summed E-state index contributed by atoms with van der Waals surface area (Å²) in [5.74, 6) is -0.201. The molecule has 2 atom stereocenters. The van der Waals surface area contributed by atoms with Gasteiger partial charge in [0.25, 0.3) is 15.0 Å². The van der Waals surface area contributed by atoms with Crippen LogP contribution in [0.1, 0.15) is 29.3 Å². The van der Waals surface area contributed by atoms with Crippen LogP contribution in [0.5, 0.6) is 0 Å². The number of hydrogen-bond acceptors (Lipinski definition) is 5. The van der Waals surface area contributed by atoms with Crippen LogP contribution in [0.3, 0.4) is 0 Å². The minimum absolute atomic E-state index is 0.0119. The van der Waals surface area contributed by atoms with E-state index in [1.54, 1.807) is 24.3 Å². The topological polar surface area (TPSA) is 63.7 Å². The Morgan fingerprint density at radius 3 is 2.65 bits per heavy atom. The highest BCUT2D eigenvalue weighted by Gasteiger charge is 2.32. The summed E-state index contributed by atoms with van der Waals surface area (Å²) in [6.45, 7) is 4.16. The molecule has 1 aromatic heterocycles. The van der Waals surface area contributed by atoms with Gasteiger partial charge in [-0.25, -0.2) is 8.42 Å². The molecule has 0 aliphatic carbocycles. The van der Waals surface area contributed by atoms with Crippen LogP contribution in [0.2, 0.25) is 0 Å². The van der Waals surface area contributed by atoms with Crippen LogP contribution in [-0.4, -0.2) is 45.0 Å². The summed E-state index contributed by atoms with van der Waals surface area (Å²) in [4.78, 5) is 14.1. The summed E-state index contributed by atoms with van der Waals surface area (Å²) in [6.07, 6.45) is 0.770. The van der Waals surface area contributed by atoms with Crippen LogP contribution in [0.25, 0.3) is 0 Å². The lowest BCUT2D eigenvalue weighted by Crippen LogP contribution is -2.41. The fourth-order valence-corrected chi connectivity index (χ4v) is 4.96. The molecule has 1 fully saturated rings. The molecule has 0 aromatic carbocycles. The number of ether oxygens (including phenoxy) is 1. The highest BCUT2D eigenvalue weighted by molar-refractivity contribution is 8.15. The van der Waals surface area contributed by atoms with E-state index in [2.05, 4.69) is 0 Å². The van der Waals surface area contributed by atoms with E-state index < -0.39 is 9.05 Å². The van der Waals surface area contributed by atoms with E-state index in [0.29, 0.717) is 17.7 Å². The van der Waals surface area contributed by atoms with Crippen molar-refractivity contribution in [1.82, 2.24) is 4.90 Å². The van der Waals surface area contributed by atoms with Crippen molar-refractivity contribution < 1.29 is 17.9 Å². The lowest BCUT2D eigenvalue weighted by atomic mass is 10.1. The average molecular weight is 338 g/mol. The number of halogens is 1. The summed E-state index contributed by atoms with van der Waals surface area (Å²) < 4.78 is 28.3. The molecule has 1 aromatic rings. The molecule has 2 unspecified atom stereocenters. The van der Waals surface area contributed by atoms with Crippen LogP contribution in [0.15, 0.2) is 9.59 Å². The van der Waals surface area contributed by atoms with Gasteiger partial charge in [0, 0.05) is 29.7 Å². The van der Waals surface area contributed by atoms with Gasteiger partial charge in [0.2, 0.25) is 0 Å². The second-order valence-corrected chi connectivity index (χ2v) is 8.49. The van der Waals surface area contributed by atoms with E-state index in [4.69, 9.17) is 15.4 Å². The van der Waals surface area contributed by atoms with Crippen molar-refractivity contribution in [2.24, 2.45) is 0 Å². The maximum atomic E-state index is 12.5. The Labute approximate surface area is 126 Å². The van der Waals surface area contributed by atoms with Gasteiger partial charge < -0.3 is 9.64 Å². The predicted octanol–water partition coefficient (Wildman–Crippen LogP) is 2.23. The zero-order chi connectivity index (χ0) is 15.1. The minimum atomic E-state index is -3.81. The molecule has 5 nitrogen and oxygen atoms in total. The Hall–Kier alpha value is -0.630. The number of thiophene rings is 1.